The molecule has 4 heteroatoms. The Morgan fingerprint density at radius 1 is 1.29 bits per heavy atom. The van der Waals surface area contributed by atoms with Crippen LogP contribution in [0.2, 0.25) is 0 Å². The quantitative estimate of drug-likeness (QED) is 0.941. The summed E-state index contributed by atoms with van der Waals surface area (Å²) in [6, 6.07) is 10.0. The van der Waals surface area contributed by atoms with Crippen molar-refractivity contribution in [3.8, 4) is 0 Å². The fraction of sp³-hybridized carbons (Fsp3) is 0.353. The maximum Gasteiger partial charge on any atom is 0.270 e. The summed E-state index contributed by atoms with van der Waals surface area (Å²) >= 11 is 0. The van der Waals surface area contributed by atoms with Crippen molar-refractivity contribution in [3.63, 3.8) is 0 Å². The molecule has 21 heavy (non-hydrogen) atoms. The Bertz CT molecular complexity index is 667. The smallest absolute Gasteiger partial charge is 0.270 e. The Morgan fingerprint density at radius 2 is 2.10 bits per heavy atom. The molecule has 0 spiro atoms. The highest BCUT2D eigenvalue weighted by molar-refractivity contribution is 5.92. The van der Waals surface area contributed by atoms with E-state index in [4.69, 9.17) is 0 Å². The van der Waals surface area contributed by atoms with Crippen LogP contribution in [0.15, 0.2) is 36.5 Å². The van der Waals surface area contributed by atoms with Gasteiger partial charge in [0.2, 0.25) is 0 Å². The number of carbonyl (C=O) groups excluding carboxylic acids is 1. The Hall–Kier alpha value is -2.23. The fourth-order valence-corrected chi connectivity index (χ4v) is 2.72. The summed E-state index contributed by atoms with van der Waals surface area (Å²) in [5.74, 6) is 0.792. The van der Waals surface area contributed by atoms with Gasteiger partial charge in [-0.05, 0) is 30.0 Å². The first-order valence-electron chi connectivity index (χ1n) is 7.37. The van der Waals surface area contributed by atoms with E-state index in [0.717, 1.165) is 12.8 Å². The van der Waals surface area contributed by atoms with Crippen molar-refractivity contribution in [3.05, 3.63) is 59.2 Å². The average molecular weight is 281 g/mol. The molecule has 1 aromatic heterocycles. The van der Waals surface area contributed by atoms with E-state index < -0.39 is 0 Å². The molecule has 0 unspecified atom stereocenters. The summed E-state index contributed by atoms with van der Waals surface area (Å²) < 4.78 is 0. The molecule has 0 bridgehead atoms. The van der Waals surface area contributed by atoms with Gasteiger partial charge in [-0.1, -0.05) is 38.1 Å². The molecule has 2 aromatic rings. The van der Waals surface area contributed by atoms with Crippen LogP contribution in [0.3, 0.4) is 0 Å². The summed E-state index contributed by atoms with van der Waals surface area (Å²) in [5, 5.41) is 3.09. The highest BCUT2D eigenvalue weighted by atomic mass is 16.1. The van der Waals surface area contributed by atoms with E-state index in [1.165, 1.54) is 11.1 Å². The Balaban J connectivity index is 1.77. The van der Waals surface area contributed by atoms with Crippen LogP contribution in [0.25, 0.3) is 0 Å². The first-order chi connectivity index (χ1) is 10.1. The number of rotatable bonds is 3. The highest BCUT2D eigenvalue weighted by Crippen LogP contribution is 2.30. The van der Waals surface area contributed by atoms with Crippen LogP contribution in [0.1, 0.15) is 59.7 Å². The first kappa shape index (κ1) is 13.7. The van der Waals surface area contributed by atoms with Crippen LogP contribution in [0.5, 0.6) is 0 Å². The van der Waals surface area contributed by atoms with E-state index >= 15 is 0 Å². The lowest BCUT2D eigenvalue weighted by Gasteiger charge is -2.14. The van der Waals surface area contributed by atoms with Crippen molar-refractivity contribution in [2.45, 2.75) is 38.6 Å². The van der Waals surface area contributed by atoms with E-state index in [2.05, 4.69) is 27.4 Å². The number of hydrogen-bond acceptors (Lipinski definition) is 3. The predicted octanol–water partition coefficient (Wildman–Crippen LogP) is 3.02. The molecule has 0 saturated carbocycles. The van der Waals surface area contributed by atoms with Crippen molar-refractivity contribution >= 4 is 5.91 Å². The van der Waals surface area contributed by atoms with Crippen LogP contribution < -0.4 is 5.32 Å². The van der Waals surface area contributed by atoms with Crippen LogP contribution in [-0.4, -0.2) is 15.9 Å². The Morgan fingerprint density at radius 3 is 2.90 bits per heavy atom. The molecule has 0 radical (unpaired) electrons. The molecular formula is C17H19N3O. The SMILES string of the molecule is CC(C)c1nccc(C(=O)N[C@@H]2CCc3ccccc32)n1. The van der Waals surface area contributed by atoms with E-state index in [-0.39, 0.29) is 17.9 Å². The van der Waals surface area contributed by atoms with Crippen molar-refractivity contribution in [2.24, 2.45) is 0 Å². The van der Waals surface area contributed by atoms with Gasteiger partial charge in [0.05, 0.1) is 6.04 Å². The van der Waals surface area contributed by atoms with E-state index in [9.17, 15) is 4.79 Å². The van der Waals surface area contributed by atoms with Crippen LogP contribution >= 0.6 is 0 Å². The van der Waals surface area contributed by atoms with Crippen LogP contribution in [-0.2, 0) is 6.42 Å². The molecule has 1 atom stereocenters. The minimum atomic E-state index is -0.124. The van der Waals surface area contributed by atoms with Crippen molar-refractivity contribution in [1.82, 2.24) is 15.3 Å². The van der Waals surface area contributed by atoms with Gasteiger partial charge in [-0.3, -0.25) is 4.79 Å². The van der Waals surface area contributed by atoms with Crippen LogP contribution in [0, 0.1) is 0 Å². The minimum Gasteiger partial charge on any atom is -0.344 e. The first-order valence-corrected chi connectivity index (χ1v) is 7.37. The topological polar surface area (TPSA) is 54.9 Å². The Labute approximate surface area is 124 Å². The third kappa shape index (κ3) is 2.79. The zero-order valence-electron chi connectivity index (χ0n) is 12.3. The molecule has 1 amide bonds. The monoisotopic (exact) mass is 281 g/mol. The molecule has 1 N–H and O–H groups in total. The summed E-state index contributed by atoms with van der Waals surface area (Å²) in [4.78, 5) is 20.9. The fourth-order valence-electron chi connectivity index (χ4n) is 2.72. The van der Waals surface area contributed by atoms with Gasteiger partial charge >= 0.3 is 0 Å². The molecule has 1 heterocycles. The Kier molecular flexibility index (Phi) is 3.69. The summed E-state index contributed by atoms with van der Waals surface area (Å²) in [6.07, 6.45) is 3.62. The maximum atomic E-state index is 12.4. The third-order valence-corrected chi connectivity index (χ3v) is 3.86. The minimum absolute atomic E-state index is 0.0890. The molecule has 4 nitrogen and oxygen atoms in total. The number of aryl methyl sites for hydroxylation is 1. The number of aromatic nitrogens is 2. The molecular weight excluding hydrogens is 262 g/mol. The largest absolute Gasteiger partial charge is 0.344 e. The average Bonchev–Trinajstić information content (AvgIpc) is 2.91. The maximum absolute atomic E-state index is 12.4. The lowest BCUT2D eigenvalue weighted by atomic mass is 10.1. The molecule has 0 fully saturated rings. The number of amides is 1. The van der Waals surface area contributed by atoms with Gasteiger partial charge in [0.15, 0.2) is 0 Å². The number of benzene rings is 1. The van der Waals surface area contributed by atoms with Gasteiger partial charge in [0.1, 0.15) is 11.5 Å². The van der Waals surface area contributed by atoms with Crippen LogP contribution in [0.4, 0.5) is 0 Å². The molecule has 1 aliphatic rings. The predicted molar refractivity (Wildman–Crippen MR) is 81.1 cm³/mol. The lowest BCUT2D eigenvalue weighted by molar-refractivity contribution is 0.0931. The van der Waals surface area contributed by atoms with E-state index in [1.807, 2.05) is 26.0 Å². The van der Waals surface area contributed by atoms with Crippen molar-refractivity contribution < 1.29 is 4.79 Å². The number of hydrogen-bond donors (Lipinski definition) is 1. The molecule has 3 rings (SSSR count). The second kappa shape index (κ2) is 5.64. The zero-order valence-corrected chi connectivity index (χ0v) is 12.3. The van der Waals surface area contributed by atoms with Crippen molar-refractivity contribution in [1.29, 1.82) is 0 Å². The zero-order chi connectivity index (χ0) is 14.8. The number of carbonyl (C=O) groups is 1. The normalized spacial score (nSPS) is 16.8. The molecule has 0 saturated heterocycles. The molecule has 108 valence electrons. The molecule has 1 aliphatic carbocycles. The standard InChI is InChI=1S/C17H19N3O/c1-11(2)16-18-10-9-15(19-16)17(21)20-14-8-7-12-5-3-4-6-13(12)14/h3-6,9-11,14H,7-8H2,1-2H3,(H,20,21)/t14-/m1/s1. The second-order valence-electron chi connectivity index (χ2n) is 5.72. The van der Waals surface area contributed by atoms with Gasteiger partial charge in [0.25, 0.3) is 5.91 Å². The lowest BCUT2D eigenvalue weighted by Crippen LogP contribution is -2.28. The van der Waals surface area contributed by atoms with Gasteiger partial charge in [-0.25, -0.2) is 9.97 Å². The van der Waals surface area contributed by atoms with Gasteiger partial charge < -0.3 is 5.32 Å². The summed E-state index contributed by atoms with van der Waals surface area (Å²) in [5.41, 5.74) is 3.00. The number of fused-ring (bicyclic) bond motifs is 1. The van der Waals surface area contributed by atoms with E-state index in [0.29, 0.717) is 11.5 Å². The van der Waals surface area contributed by atoms with E-state index in [1.54, 1.807) is 12.3 Å². The number of nitrogens with one attached hydrogen (secondary N) is 1. The van der Waals surface area contributed by atoms with Crippen molar-refractivity contribution in [2.75, 3.05) is 0 Å². The molecule has 0 aliphatic heterocycles. The van der Waals surface area contributed by atoms with Gasteiger partial charge in [0, 0.05) is 12.1 Å². The molecule has 1 aromatic carbocycles. The number of nitrogens with zero attached hydrogens (tertiary/aromatic N) is 2. The van der Waals surface area contributed by atoms with Gasteiger partial charge in [-0.15, -0.1) is 0 Å². The summed E-state index contributed by atoms with van der Waals surface area (Å²) in [7, 11) is 0. The highest BCUT2D eigenvalue weighted by Gasteiger charge is 2.24. The second-order valence-corrected chi connectivity index (χ2v) is 5.72. The van der Waals surface area contributed by atoms with Gasteiger partial charge in [-0.2, -0.15) is 0 Å². The third-order valence-electron chi connectivity index (χ3n) is 3.86. The summed E-state index contributed by atoms with van der Waals surface area (Å²) in [6.45, 7) is 4.04.